The molecule has 2 aliphatic heterocycles. The monoisotopic (exact) mass is 291 g/mol. The third kappa shape index (κ3) is 2.49. The minimum absolute atomic E-state index is 0.0386. The Morgan fingerprint density at radius 3 is 3.24 bits per heavy atom. The van der Waals surface area contributed by atoms with Crippen LogP contribution in [0.5, 0.6) is 5.88 Å². The molecule has 1 aromatic heterocycles. The van der Waals surface area contributed by atoms with Crippen molar-refractivity contribution in [3.05, 3.63) is 16.6 Å². The number of aromatic nitrogens is 2. The fourth-order valence-electron chi connectivity index (χ4n) is 1.92. The van der Waals surface area contributed by atoms with Crippen LogP contribution in [0, 0.1) is 0 Å². The fourth-order valence-corrected chi connectivity index (χ4v) is 1.92. The minimum Gasteiger partial charge on any atom is -0.465 e. The van der Waals surface area contributed by atoms with E-state index in [1.165, 1.54) is 11.1 Å². The molecule has 11 heteroatoms. The largest absolute Gasteiger partial charge is 0.465 e. The molecule has 1 N–H and O–H groups in total. The highest BCUT2D eigenvalue weighted by Crippen LogP contribution is 2.27. The third-order valence-corrected chi connectivity index (χ3v) is 2.82. The maximum Gasteiger partial charge on any atom is 0.415 e. The number of carbonyl (C=O) groups is 2. The van der Waals surface area contributed by atoms with Crippen molar-refractivity contribution >= 4 is 23.6 Å². The van der Waals surface area contributed by atoms with Crippen molar-refractivity contribution in [2.24, 2.45) is 5.11 Å². The number of fused-ring (bicyclic) bond motifs is 1. The highest BCUT2D eigenvalue weighted by atomic mass is 16.6. The van der Waals surface area contributed by atoms with E-state index in [4.69, 9.17) is 15.0 Å². The van der Waals surface area contributed by atoms with Gasteiger partial charge in [0.2, 0.25) is 0 Å². The molecule has 0 spiro atoms. The molecule has 3 rings (SSSR count). The van der Waals surface area contributed by atoms with Gasteiger partial charge >= 0.3 is 6.09 Å². The van der Waals surface area contributed by atoms with Gasteiger partial charge in [-0.25, -0.2) is 14.8 Å². The van der Waals surface area contributed by atoms with E-state index in [-0.39, 0.29) is 43.1 Å². The van der Waals surface area contributed by atoms with Gasteiger partial charge in [-0.1, -0.05) is 5.11 Å². The van der Waals surface area contributed by atoms with Gasteiger partial charge in [-0.15, -0.1) is 0 Å². The van der Waals surface area contributed by atoms with Gasteiger partial charge in [0, 0.05) is 4.91 Å². The fraction of sp³-hybridized carbons (Fsp3) is 0.400. The quantitative estimate of drug-likeness (QED) is 0.486. The molecule has 0 aliphatic carbocycles. The summed E-state index contributed by atoms with van der Waals surface area (Å²) in [6.45, 7) is 0.0953. The summed E-state index contributed by atoms with van der Waals surface area (Å²) < 4.78 is 10.1. The molecule has 1 unspecified atom stereocenters. The number of ether oxygens (including phenoxy) is 2. The van der Waals surface area contributed by atoms with Gasteiger partial charge in [0.1, 0.15) is 6.10 Å². The zero-order valence-corrected chi connectivity index (χ0v) is 10.6. The Morgan fingerprint density at radius 2 is 2.43 bits per heavy atom. The number of carbonyl (C=O) groups excluding carboxylic acids is 2. The maximum atomic E-state index is 11.8. The summed E-state index contributed by atoms with van der Waals surface area (Å²) in [7, 11) is 0. The number of anilines is 2. The van der Waals surface area contributed by atoms with Gasteiger partial charge < -0.3 is 14.8 Å². The molecule has 1 saturated heterocycles. The molecule has 1 aromatic rings. The molecule has 21 heavy (non-hydrogen) atoms. The molecule has 11 nitrogen and oxygen atoms in total. The minimum atomic E-state index is -0.620. The third-order valence-electron chi connectivity index (χ3n) is 2.82. The van der Waals surface area contributed by atoms with E-state index in [0.717, 1.165) is 0 Å². The predicted octanol–water partition coefficient (Wildman–Crippen LogP) is 0.443. The van der Waals surface area contributed by atoms with Crippen molar-refractivity contribution in [3.8, 4) is 5.88 Å². The topological polar surface area (TPSA) is 142 Å². The lowest BCUT2D eigenvalue weighted by Crippen LogP contribution is -2.30. The lowest BCUT2D eigenvalue weighted by atomic mass is 10.3. The first-order valence-electron chi connectivity index (χ1n) is 5.96. The van der Waals surface area contributed by atoms with Crippen LogP contribution in [0.15, 0.2) is 11.3 Å². The van der Waals surface area contributed by atoms with E-state index in [1.807, 2.05) is 0 Å². The highest BCUT2D eigenvalue weighted by molar-refractivity contribution is 5.94. The number of azide groups is 1. The van der Waals surface area contributed by atoms with Crippen LogP contribution in [-0.2, 0) is 9.53 Å². The Kier molecular flexibility index (Phi) is 3.16. The molecule has 0 saturated carbocycles. The molecule has 3 heterocycles. The molecular weight excluding hydrogens is 282 g/mol. The summed E-state index contributed by atoms with van der Waals surface area (Å²) in [6.07, 6.45) is 0.176. The van der Waals surface area contributed by atoms with Gasteiger partial charge in [0.15, 0.2) is 18.2 Å². The van der Waals surface area contributed by atoms with Crippen LogP contribution < -0.4 is 15.0 Å². The second kappa shape index (κ2) is 5.13. The Balaban J connectivity index is 1.81. The Bertz CT molecular complexity index is 657. The van der Waals surface area contributed by atoms with Gasteiger partial charge in [-0.2, -0.15) is 0 Å². The van der Waals surface area contributed by atoms with Crippen LogP contribution in [0.25, 0.3) is 10.4 Å². The number of cyclic esters (lactones) is 1. The Morgan fingerprint density at radius 1 is 1.57 bits per heavy atom. The summed E-state index contributed by atoms with van der Waals surface area (Å²) in [5, 5.41) is 5.86. The summed E-state index contributed by atoms with van der Waals surface area (Å²) in [6, 6.07) is 0. The van der Waals surface area contributed by atoms with Crippen molar-refractivity contribution in [1.82, 2.24) is 9.97 Å². The molecular formula is C10H9N7O4. The van der Waals surface area contributed by atoms with E-state index in [9.17, 15) is 9.59 Å². The first-order valence-corrected chi connectivity index (χ1v) is 5.96. The van der Waals surface area contributed by atoms with Crippen LogP contribution in [0.1, 0.15) is 0 Å². The molecule has 2 amide bonds. The molecule has 1 atom stereocenters. The predicted molar refractivity (Wildman–Crippen MR) is 67.8 cm³/mol. The average molecular weight is 291 g/mol. The van der Waals surface area contributed by atoms with Gasteiger partial charge in [-0.05, 0) is 5.53 Å². The van der Waals surface area contributed by atoms with Gasteiger partial charge in [0.05, 0.1) is 19.3 Å². The number of amides is 2. The second-order valence-corrected chi connectivity index (χ2v) is 4.25. The molecule has 2 aliphatic rings. The van der Waals surface area contributed by atoms with E-state index < -0.39 is 12.2 Å². The molecule has 0 bridgehead atoms. The van der Waals surface area contributed by atoms with Crippen molar-refractivity contribution in [2.45, 2.75) is 6.10 Å². The van der Waals surface area contributed by atoms with Crippen molar-refractivity contribution in [3.63, 3.8) is 0 Å². The van der Waals surface area contributed by atoms with Crippen LogP contribution in [0.2, 0.25) is 0 Å². The maximum absolute atomic E-state index is 11.8. The number of nitrogens with zero attached hydrogens (tertiary/aromatic N) is 6. The van der Waals surface area contributed by atoms with Crippen molar-refractivity contribution in [1.29, 1.82) is 0 Å². The average Bonchev–Trinajstić information content (AvgIpc) is 2.85. The molecule has 1 fully saturated rings. The summed E-state index contributed by atoms with van der Waals surface area (Å²) in [5.74, 6) is 0.207. The second-order valence-electron chi connectivity index (χ2n) is 4.25. The van der Waals surface area contributed by atoms with Gasteiger partial charge in [0.25, 0.3) is 11.8 Å². The lowest BCUT2D eigenvalue weighted by molar-refractivity contribution is -0.118. The molecule has 0 radical (unpaired) electrons. The zero-order chi connectivity index (χ0) is 14.8. The van der Waals surface area contributed by atoms with Crippen LogP contribution >= 0.6 is 0 Å². The number of rotatable bonds is 3. The van der Waals surface area contributed by atoms with E-state index in [1.54, 1.807) is 0 Å². The van der Waals surface area contributed by atoms with Crippen molar-refractivity contribution in [2.75, 3.05) is 29.9 Å². The molecule has 0 aromatic carbocycles. The van der Waals surface area contributed by atoms with E-state index in [2.05, 4.69) is 25.3 Å². The van der Waals surface area contributed by atoms with Crippen LogP contribution in [-0.4, -0.2) is 47.8 Å². The summed E-state index contributed by atoms with van der Waals surface area (Å²) in [4.78, 5) is 35.0. The number of hydrogen-bond acceptors (Lipinski definition) is 7. The van der Waals surface area contributed by atoms with Crippen LogP contribution in [0.3, 0.4) is 0 Å². The first-order chi connectivity index (χ1) is 10.2. The number of nitrogens with one attached hydrogen (secondary N) is 1. The zero-order valence-electron chi connectivity index (χ0n) is 10.6. The van der Waals surface area contributed by atoms with Gasteiger partial charge in [-0.3, -0.25) is 9.69 Å². The summed E-state index contributed by atoms with van der Waals surface area (Å²) in [5.41, 5.74) is 8.26. The number of hydrogen-bond donors (Lipinski definition) is 1. The Hall–Kier alpha value is -3.07. The van der Waals surface area contributed by atoms with E-state index in [0.29, 0.717) is 0 Å². The summed E-state index contributed by atoms with van der Waals surface area (Å²) >= 11 is 0. The van der Waals surface area contributed by atoms with Crippen LogP contribution in [0.4, 0.5) is 16.4 Å². The van der Waals surface area contributed by atoms with E-state index >= 15 is 0 Å². The first kappa shape index (κ1) is 12.9. The Labute approximate surface area is 117 Å². The normalized spacial score (nSPS) is 20.0. The SMILES string of the molecule is [N-]=[N+]=NCC1CN(c2cnc3c(n2)NC(=O)CO3)C(=O)O1. The molecule has 108 valence electrons. The van der Waals surface area contributed by atoms with Crippen molar-refractivity contribution < 1.29 is 19.1 Å². The standard InChI is InChI=1S/C10H9N7O4/c11-16-13-1-5-3-17(10(19)21-5)6-2-12-9-8(14-6)15-7(18)4-20-9/h2,5H,1,3-4H2,(H,14,15,18). The smallest absolute Gasteiger partial charge is 0.415 e. The lowest BCUT2D eigenvalue weighted by Gasteiger charge is -2.18. The highest BCUT2D eigenvalue weighted by Gasteiger charge is 2.33.